The molecule has 4 heteroatoms. The van der Waals surface area contributed by atoms with Crippen molar-refractivity contribution >= 4 is 18.1 Å². The third-order valence-corrected chi connectivity index (χ3v) is 3.85. The van der Waals surface area contributed by atoms with E-state index in [9.17, 15) is 0 Å². The normalized spacial score (nSPS) is 16.1. The molecular formula is C19H22N4. The summed E-state index contributed by atoms with van der Waals surface area (Å²) < 4.78 is 0. The predicted molar refractivity (Wildman–Crippen MR) is 96.6 cm³/mol. The maximum atomic E-state index is 4.60. The molecule has 118 valence electrons. The molecule has 1 saturated heterocycles. The van der Waals surface area contributed by atoms with E-state index in [2.05, 4.69) is 51.2 Å². The fraction of sp³-hybridized carbons (Fsp3) is 0.263. The molecule has 3 rings (SSSR count). The van der Waals surface area contributed by atoms with Crippen molar-refractivity contribution in [3.05, 3.63) is 65.9 Å². The van der Waals surface area contributed by atoms with Gasteiger partial charge >= 0.3 is 0 Å². The molecule has 0 bridgehead atoms. The Morgan fingerprint density at radius 2 is 1.74 bits per heavy atom. The standard InChI is InChI=1S/C19H22N4/c1-17(15-18-7-3-2-4-8-18)16-21-23-13-11-22(12-14-23)19-9-5-6-10-20-19/h2-10,15-16H,11-14H2,1H3/b17-15+,21-16?. The fourth-order valence-electron chi connectivity index (χ4n) is 2.60. The molecule has 0 radical (unpaired) electrons. The Morgan fingerprint density at radius 1 is 1.00 bits per heavy atom. The summed E-state index contributed by atoms with van der Waals surface area (Å²) in [4.78, 5) is 6.71. The molecular weight excluding hydrogens is 284 g/mol. The van der Waals surface area contributed by atoms with Crippen molar-refractivity contribution in [1.29, 1.82) is 0 Å². The van der Waals surface area contributed by atoms with Crippen molar-refractivity contribution in [2.45, 2.75) is 6.92 Å². The SMILES string of the molecule is C/C(C=NN1CCN(c2ccccn2)CC1)=C\c1ccccc1. The van der Waals surface area contributed by atoms with Crippen LogP contribution >= 0.6 is 0 Å². The predicted octanol–water partition coefficient (Wildman–Crippen LogP) is 3.29. The van der Waals surface area contributed by atoms with Crippen LogP contribution in [0.25, 0.3) is 6.08 Å². The smallest absolute Gasteiger partial charge is 0.128 e. The minimum Gasteiger partial charge on any atom is -0.353 e. The number of allylic oxidation sites excluding steroid dienone is 1. The second kappa shape index (κ2) is 7.58. The van der Waals surface area contributed by atoms with E-state index in [1.807, 2.05) is 42.7 Å². The van der Waals surface area contributed by atoms with Crippen molar-refractivity contribution < 1.29 is 0 Å². The van der Waals surface area contributed by atoms with E-state index in [-0.39, 0.29) is 0 Å². The Hall–Kier alpha value is -2.62. The van der Waals surface area contributed by atoms with Gasteiger partial charge in [0.25, 0.3) is 0 Å². The first-order chi connectivity index (χ1) is 11.3. The van der Waals surface area contributed by atoms with Crippen molar-refractivity contribution in [2.24, 2.45) is 5.10 Å². The monoisotopic (exact) mass is 306 g/mol. The molecule has 0 N–H and O–H groups in total. The second-order valence-corrected chi connectivity index (χ2v) is 5.67. The van der Waals surface area contributed by atoms with Crippen molar-refractivity contribution in [2.75, 3.05) is 31.1 Å². The number of benzene rings is 1. The van der Waals surface area contributed by atoms with Gasteiger partial charge < -0.3 is 4.90 Å². The first kappa shape index (κ1) is 15.3. The number of hydrogen-bond acceptors (Lipinski definition) is 4. The zero-order chi connectivity index (χ0) is 15.9. The van der Waals surface area contributed by atoms with Crippen LogP contribution in [-0.4, -0.2) is 42.4 Å². The van der Waals surface area contributed by atoms with E-state index in [1.165, 1.54) is 5.56 Å². The van der Waals surface area contributed by atoms with Gasteiger partial charge in [-0.3, -0.25) is 5.01 Å². The minimum atomic E-state index is 0.922. The molecule has 1 aromatic carbocycles. The summed E-state index contributed by atoms with van der Waals surface area (Å²) in [6.07, 6.45) is 5.94. The highest BCUT2D eigenvalue weighted by atomic mass is 15.5. The maximum Gasteiger partial charge on any atom is 0.128 e. The highest BCUT2D eigenvalue weighted by Gasteiger charge is 2.15. The summed E-state index contributed by atoms with van der Waals surface area (Å²) in [6.45, 7) is 5.84. The number of rotatable bonds is 4. The molecule has 0 atom stereocenters. The molecule has 1 aromatic heterocycles. The zero-order valence-corrected chi connectivity index (χ0v) is 13.5. The zero-order valence-electron chi connectivity index (χ0n) is 13.5. The van der Waals surface area contributed by atoms with Crippen LogP contribution in [0.3, 0.4) is 0 Å². The number of nitrogens with zero attached hydrogens (tertiary/aromatic N) is 4. The van der Waals surface area contributed by atoms with E-state index in [1.54, 1.807) is 0 Å². The Kier molecular flexibility index (Phi) is 5.04. The Bertz CT molecular complexity index is 656. The molecule has 0 saturated carbocycles. The van der Waals surface area contributed by atoms with E-state index in [0.29, 0.717) is 0 Å². The van der Waals surface area contributed by atoms with Crippen molar-refractivity contribution in [1.82, 2.24) is 9.99 Å². The van der Waals surface area contributed by atoms with Gasteiger partial charge in [0.2, 0.25) is 0 Å². The highest BCUT2D eigenvalue weighted by Crippen LogP contribution is 2.12. The molecule has 4 nitrogen and oxygen atoms in total. The van der Waals surface area contributed by atoms with Gasteiger partial charge in [-0.05, 0) is 30.2 Å². The lowest BCUT2D eigenvalue weighted by Crippen LogP contribution is -2.44. The Labute approximate surface area is 137 Å². The maximum absolute atomic E-state index is 4.60. The van der Waals surface area contributed by atoms with Gasteiger partial charge in [0.15, 0.2) is 0 Å². The lowest BCUT2D eigenvalue weighted by Gasteiger charge is -2.33. The van der Waals surface area contributed by atoms with Gasteiger partial charge in [-0.15, -0.1) is 0 Å². The summed E-state index contributed by atoms with van der Waals surface area (Å²) in [6, 6.07) is 16.4. The van der Waals surface area contributed by atoms with E-state index in [0.717, 1.165) is 37.6 Å². The highest BCUT2D eigenvalue weighted by molar-refractivity contribution is 5.84. The quantitative estimate of drug-likeness (QED) is 0.812. The summed E-state index contributed by atoms with van der Waals surface area (Å²) >= 11 is 0. The van der Waals surface area contributed by atoms with Crippen LogP contribution in [-0.2, 0) is 0 Å². The molecule has 0 aliphatic carbocycles. The van der Waals surface area contributed by atoms with Gasteiger partial charge in [0, 0.05) is 25.5 Å². The lowest BCUT2D eigenvalue weighted by molar-refractivity contribution is 0.271. The van der Waals surface area contributed by atoms with E-state index < -0.39 is 0 Å². The molecule has 1 aliphatic rings. The number of hydrazone groups is 1. The summed E-state index contributed by atoms with van der Waals surface area (Å²) in [5, 5.41) is 6.73. The van der Waals surface area contributed by atoms with Gasteiger partial charge in [-0.25, -0.2) is 4.98 Å². The molecule has 2 heterocycles. The third kappa shape index (κ3) is 4.42. The summed E-state index contributed by atoms with van der Waals surface area (Å²) in [7, 11) is 0. The summed E-state index contributed by atoms with van der Waals surface area (Å²) in [5.74, 6) is 1.05. The Morgan fingerprint density at radius 3 is 2.43 bits per heavy atom. The largest absolute Gasteiger partial charge is 0.353 e. The van der Waals surface area contributed by atoms with Crippen LogP contribution in [0.4, 0.5) is 5.82 Å². The van der Waals surface area contributed by atoms with Gasteiger partial charge in [-0.1, -0.05) is 42.5 Å². The second-order valence-electron chi connectivity index (χ2n) is 5.67. The van der Waals surface area contributed by atoms with Crippen molar-refractivity contribution in [3.8, 4) is 0 Å². The van der Waals surface area contributed by atoms with Crippen LogP contribution in [0, 0.1) is 0 Å². The first-order valence-corrected chi connectivity index (χ1v) is 7.99. The fourth-order valence-corrected chi connectivity index (χ4v) is 2.60. The van der Waals surface area contributed by atoms with Gasteiger partial charge in [-0.2, -0.15) is 5.10 Å². The van der Waals surface area contributed by atoms with Gasteiger partial charge in [0.1, 0.15) is 5.82 Å². The summed E-state index contributed by atoms with van der Waals surface area (Å²) in [5.41, 5.74) is 2.36. The molecule has 2 aromatic rings. The molecule has 1 fully saturated rings. The number of piperazine rings is 1. The van der Waals surface area contributed by atoms with Crippen LogP contribution in [0.15, 0.2) is 65.4 Å². The molecule has 1 aliphatic heterocycles. The average molecular weight is 306 g/mol. The number of aromatic nitrogens is 1. The lowest BCUT2D eigenvalue weighted by atomic mass is 10.1. The average Bonchev–Trinajstić information content (AvgIpc) is 2.62. The first-order valence-electron chi connectivity index (χ1n) is 7.99. The number of pyridine rings is 1. The van der Waals surface area contributed by atoms with Gasteiger partial charge in [0.05, 0.1) is 13.1 Å². The molecule has 0 unspecified atom stereocenters. The Balaban J connectivity index is 1.53. The minimum absolute atomic E-state index is 0.922. The van der Waals surface area contributed by atoms with Crippen LogP contribution in [0.5, 0.6) is 0 Å². The topological polar surface area (TPSA) is 31.7 Å². The van der Waals surface area contributed by atoms with E-state index in [4.69, 9.17) is 0 Å². The third-order valence-electron chi connectivity index (χ3n) is 3.85. The van der Waals surface area contributed by atoms with Crippen molar-refractivity contribution in [3.63, 3.8) is 0 Å². The van der Waals surface area contributed by atoms with Crippen LogP contribution in [0.2, 0.25) is 0 Å². The van der Waals surface area contributed by atoms with Crippen LogP contribution < -0.4 is 4.90 Å². The molecule has 0 amide bonds. The van der Waals surface area contributed by atoms with E-state index >= 15 is 0 Å². The number of hydrogen-bond donors (Lipinski definition) is 0. The molecule has 0 spiro atoms. The van der Waals surface area contributed by atoms with Crippen LogP contribution in [0.1, 0.15) is 12.5 Å². The number of anilines is 1. The molecule has 23 heavy (non-hydrogen) atoms.